The van der Waals surface area contributed by atoms with Crippen molar-refractivity contribution < 1.29 is 31.1 Å². The van der Waals surface area contributed by atoms with E-state index in [0.29, 0.717) is 56.2 Å². The molecular formula is C46H34BF6N3O. The highest BCUT2D eigenvalue weighted by atomic mass is 19.2. The van der Waals surface area contributed by atoms with Crippen LogP contribution in [0.25, 0.3) is 44.4 Å². The van der Waals surface area contributed by atoms with Crippen LogP contribution in [0.2, 0.25) is 0 Å². The number of anilines is 3. The molecule has 0 aliphatic carbocycles. The topological polar surface area (TPSA) is 21.8 Å². The largest absolute Gasteiger partial charge is 0.453 e. The van der Waals surface area contributed by atoms with E-state index in [1.807, 2.05) is 41.3 Å². The maximum atomic E-state index is 15.9. The lowest BCUT2D eigenvalue weighted by Gasteiger charge is -2.37. The van der Waals surface area contributed by atoms with Gasteiger partial charge in [0.15, 0.2) is 34.8 Å². The van der Waals surface area contributed by atoms with E-state index in [4.69, 9.17) is 4.74 Å². The highest BCUT2D eigenvalue weighted by Crippen LogP contribution is 2.53. The lowest BCUT2D eigenvalue weighted by Crippen LogP contribution is -2.39. The minimum absolute atomic E-state index is 0.145. The predicted octanol–water partition coefficient (Wildman–Crippen LogP) is 11.4. The van der Waals surface area contributed by atoms with Crippen molar-refractivity contribution in [3.8, 4) is 28.3 Å². The van der Waals surface area contributed by atoms with Crippen molar-refractivity contribution in [2.75, 3.05) is 4.90 Å². The molecule has 0 saturated carbocycles. The lowest BCUT2D eigenvalue weighted by molar-refractivity contribution is 0.469. The molecule has 0 spiro atoms. The third kappa shape index (κ3) is 5.10. The summed E-state index contributed by atoms with van der Waals surface area (Å²) in [7, 11) is 0.145. The van der Waals surface area contributed by atoms with E-state index in [-0.39, 0.29) is 45.8 Å². The Balaban J connectivity index is 1.36. The van der Waals surface area contributed by atoms with Crippen LogP contribution < -0.4 is 20.6 Å². The number of hydrogen-bond acceptors (Lipinski definition) is 2. The van der Waals surface area contributed by atoms with Gasteiger partial charge in [0.1, 0.15) is 17.3 Å². The van der Waals surface area contributed by atoms with Crippen molar-refractivity contribution in [3.05, 3.63) is 137 Å². The number of imidazole rings is 1. The van der Waals surface area contributed by atoms with E-state index in [2.05, 4.69) is 41.5 Å². The van der Waals surface area contributed by atoms with E-state index >= 15 is 26.3 Å². The molecule has 6 aromatic carbocycles. The molecule has 8 aromatic rings. The highest BCUT2D eigenvalue weighted by molar-refractivity contribution is 6.75. The Labute approximate surface area is 324 Å². The molecule has 0 radical (unpaired) electrons. The fraction of sp³-hybridized carbons (Fsp3) is 0.174. The highest BCUT2D eigenvalue weighted by Gasteiger charge is 2.36. The molecule has 0 bridgehead atoms. The van der Waals surface area contributed by atoms with Crippen molar-refractivity contribution >= 4 is 62.9 Å². The maximum Gasteiger partial charge on any atom is 0.203 e. The van der Waals surface area contributed by atoms with Crippen molar-refractivity contribution in [1.82, 2.24) is 8.97 Å². The number of halogens is 6. The van der Waals surface area contributed by atoms with E-state index < -0.39 is 34.9 Å². The van der Waals surface area contributed by atoms with Gasteiger partial charge in [-0.25, -0.2) is 26.3 Å². The number of aromatic nitrogens is 2. The van der Waals surface area contributed by atoms with Gasteiger partial charge >= 0.3 is 0 Å². The van der Waals surface area contributed by atoms with Crippen LogP contribution in [-0.4, -0.2) is 16.2 Å². The summed E-state index contributed by atoms with van der Waals surface area (Å²) in [5, 5.41) is 0.387. The van der Waals surface area contributed by atoms with Crippen LogP contribution in [0.4, 0.5) is 43.4 Å². The van der Waals surface area contributed by atoms with Crippen LogP contribution in [0, 0.1) is 34.9 Å². The fourth-order valence-corrected chi connectivity index (χ4v) is 8.55. The molecule has 0 atom stereocenters. The molecule has 0 fully saturated rings. The van der Waals surface area contributed by atoms with Gasteiger partial charge in [0.05, 0.1) is 33.5 Å². The first-order valence-electron chi connectivity index (χ1n) is 18.7. The molecule has 57 heavy (non-hydrogen) atoms. The van der Waals surface area contributed by atoms with Crippen LogP contribution in [-0.2, 0) is 10.8 Å². The molecule has 11 heteroatoms. The van der Waals surface area contributed by atoms with Gasteiger partial charge in [-0.2, -0.15) is 0 Å². The predicted molar refractivity (Wildman–Crippen MR) is 215 cm³/mol. The third-order valence-corrected chi connectivity index (χ3v) is 11.4. The summed E-state index contributed by atoms with van der Waals surface area (Å²) in [6.45, 7) is 12.6. The van der Waals surface area contributed by atoms with Gasteiger partial charge in [-0.1, -0.05) is 59.7 Å². The van der Waals surface area contributed by atoms with Crippen molar-refractivity contribution in [1.29, 1.82) is 0 Å². The SMILES string of the molecule is CC(C)(C)c1ccc2c(c1)Oc1cc(C(C)(C)C)ccc1N2c1cc(-c2c(F)cccc2F)cc2c1Bc1c3cc(F)c(F)cc3n3c4cc(F)c(F)cc4n-2c13. The Bertz CT molecular complexity index is 3000. The zero-order chi connectivity index (χ0) is 40.0. The maximum absolute atomic E-state index is 15.9. The Hall–Kier alpha value is -6.10. The third-order valence-electron chi connectivity index (χ3n) is 11.4. The zero-order valence-electron chi connectivity index (χ0n) is 31.9. The second-order valence-corrected chi connectivity index (χ2v) is 17.1. The smallest absolute Gasteiger partial charge is 0.203 e. The van der Waals surface area contributed by atoms with Crippen molar-refractivity contribution in [2.45, 2.75) is 52.4 Å². The molecule has 4 nitrogen and oxygen atoms in total. The Kier molecular flexibility index (Phi) is 7.27. The summed E-state index contributed by atoms with van der Waals surface area (Å²) in [6.07, 6.45) is 0. The van der Waals surface area contributed by atoms with Crippen LogP contribution >= 0.6 is 0 Å². The standard InChI is InChI=1S/C46H34BF6N3O/c1-45(2,3)23-10-12-32-39(16-23)57-40-17-24(46(4,5)6)11-13-33(40)54(32)37-14-22(41-26(48)8-7-9-27(41)49)15-38-43(37)47-42-25-18-28(50)29(51)19-34(25)55-35-20-30(52)31(53)21-36(35)56(38)44(42)55/h7-21,47H,1-6H3. The van der Waals surface area contributed by atoms with Gasteiger partial charge in [-0.15, -0.1) is 0 Å². The lowest BCUT2D eigenvalue weighted by atomic mass is 9.60. The first-order chi connectivity index (χ1) is 27.0. The Morgan fingerprint density at radius 2 is 1.04 bits per heavy atom. The average Bonchev–Trinajstić information content (AvgIpc) is 3.63. The second kappa shape index (κ2) is 11.7. The molecular weight excluding hydrogens is 735 g/mol. The number of ether oxygens (including phenoxy) is 1. The number of rotatable bonds is 2. The molecule has 2 aliphatic rings. The quantitative estimate of drug-likeness (QED) is 0.129. The number of fused-ring (bicyclic) bond motifs is 10. The molecule has 284 valence electrons. The van der Waals surface area contributed by atoms with E-state index in [1.165, 1.54) is 18.2 Å². The van der Waals surface area contributed by atoms with E-state index in [0.717, 1.165) is 35.4 Å². The van der Waals surface area contributed by atoms with Gasteiger partial charge in [0, 0.05) is 29.6 Å². The fourth-order valence-electron chi connectivity index (χ4n) is 8.55. The number of nitrogens with zero attached hydrogens (tertiary/aromatic N) is 3. The normalized spacial score (nSPS) is 13.5. The zero-order valence-corrected chi connectivity index (χ0v) is 31.9. The monoisotopic (exact) mass is 769 g/mol. The first-order valence-corrected chi connectivity index (χ1v) is 18.7. The molecule has 0 unspecified atom stereocenters. The van der Waals surface area contributed by atoms with Crippen LogP contribution in [0.15, 0.2) is 91.0 Å². The summed E-state index contributed by atoms with van der Waals surface area (Å²) in [5.74, 6) is -4.86. The summed E-state index contributed by atoms with van der Waals surface area (Å²) >= 11 is 0. The molecule has 0 N–H and O–H groups in total. The van der Waals surface area contributed by atoms with E-state index in [9.17, 15) is 0 Å². The molecule has 0 saturated heterocycles. The summed E-state index contributed by atoms with van der Waals surface area (Å²) < 4.78 is 102. The molecule has 2 aromatic heterocycles. The van der Waals surface area contributed by atoms with Gasteiger partial charge in [-0.05, 0) is 98.4 Å². The summed E-state index contributed by atoms with van der Waals surface area (Å²) in [4.78, 5) is 2.00. The first kappa shape index (κ1) is 35.3. The van der Waals surface area contributed by atoms with Gasteiger partial charge in [-0.3, -0.25) is 8.97 Å². The Morgan fingerprint density at radius 3 is 1.61 bits per heavy atom. The minimum atomic E-state index is -1.12. The van der Waals surface area contributed by atoms with Crippen LogP contribution in [0.1, 0.15) is 52.7 Å². The minimum Gasteiger partial charge on any atom is -0.453 e. The van der Waals surface area contributed by atoms with Crippen LogP contribution in [0.5, 0.6) is 11.5 Å². The summed E-state index contributed by atoms with van der Waals surface area (Å²) in [5.41, 5.74) is 6.10. The Morgan fingerprint density at radius 1 is 0.509 bits per heavy atom. The molecule has 4 heterocycles. The van der Waals surface area contributed by atoms with Crippen molar-refractivity contribution in [3.63, 3.8) is 0 Å². The number of hydrogen-bond donors (Lipinski definition) is 0. The summed E-state index contributed by atoms with van der Waals surface area (Å²) in [6, 6.07) is 23.2. The van der Waals surface area contributed by atoms with Gasteiger partial charge < -0.3 is 9.64 Å². The number of benzene rings is 6. The van der Waals surface area contributed by atoms with Gasteiger partial charge in [0.25, 0.3) is 0 Å². The van der Waals surface area contributed by atoms with Crippen molar-refractivity contribution in [2.24, 2.45) is 0 Å². The molecule has 10 rings (SSSR count). The molecule has 2 aliphatic heterocycles. The van der Waals surface area contributed by atoms with E-state index in [1.54, 1.807) is 21.1 Å². The van der Waals surface area contributed by atoms with Crippen LogP contribution in [0.3, 0.4) is 0 Å². The molecule has 0 amide bonds. The average molecular weight is 770 g/mol. The second-order valence-electron chi connectivity index (χ2n) is 17.1. The van der Waals surface area contributed by atoms with Gasteiger partial charge in [0.2, 0.25) is 7.28 Å².